The van der Waals surface area contributed by atoms with E-state index in [0.29, 0.717) is 11.1 Å². The zero-order valence-electron chi connectivity index (χ0n) is 18.0. The van der Waals surface area contributed by atoms with Gasteiger partial charge in [-0.05, 0) is 48.5 Å². The number of benzene rings is 3. The van der Waals surface area contributed by atoms with Gasteiger partial charge in [0.2, 0.25) is 11.6 Å². The first-order valence-electron chi connectivity index (χ1n) is 10.5. The smallest absolute Gasteiger partial charge is 0.233 e. The molecule has 0 radical (unpaired) electrons. The quantitative estimate of drug-likeness (QED) is 0.228. The average Bonchev–Trinajstić information content (AvgIpc) is 2.89. The fraction of sp³-hybridized carbons (Fsp3) is 0. The summed E-state index contributed by atoms with van der Waals surface area (Å²) in [5.41, 5.74) is 5.19. The van der Waals surface area contributed by atoms with Gasteiger partial charge >= 0.3 is 0 Å². The summed E-state index contributed by atoms with van der Waals surface area (Å²) in [7, 11) is 0. The number of pyridine rings is 2. The van der Waals surface area contributed by atoms with Crippen LogP contribution in [0.25, 0.3) is 22.2 Å². The van der Waals surface area contributed by atoms with Gasteiger partial charge in [0.25, 0.3) is 0 Å². The minimum Gasteiger partial charge on any atom is -0.355 e. The number of nitrogens with one attached hydrogen (secondary N) is 1. The molecule has 5 nitrogen and oxygen atoms in total. The van der Waals surface area contributed by atoms with Crippen LogP contribution in [0.4, 0.5) is 11.4 Å². The van der Waals surface area contributed by atoms with E-state index in [4.69, 9.17) is 0 Å². The van der Waals surface area contributed by atoms with E-state index in [1.807, 2.05) is 48.5 Å². The zero-order chi connectivity index (χ0) is 22.6. The van der Waals surface area contributed by atoms with E-state index in [1.165, 1.54) is 0 Å². The van der Waals surface area contributed by atoms with E-state index in [2.05, 4.69) is 15.3 Å². The minimum atomic E-state index is -0.524. The van der Waals surface area contributed by atoms with Crippen molar-refractivity contribution in [1.29, 1.82) is 0 Å². The van der Waals surface area contributed by atoms with Gasteiger partial charge in [0, 0.05) is 45.8 Å². The van der Waals surface area contributed by atoms with Gasteiger partial charge in [-0.3, -0.25) is 19.6 Å². The second-order valence-corrected chi connectivity index (χ2v) is 7.53. The van der Waals surface area contributed by atoms with Crippen LogP contribution in [0.1, 0.15) is 20.7 Å². The van der Waals surface area contributed by atoms with Gasteiger partial charge < -0.3 is 5.32 Å². The van der Waals surface area contributed by atoms with Crippen LogP contribution in [0.2, 0.25) is 0 Å². The molecule has 0 aliphatic rings. The summed E-state index contributed by atoms with van der Waals surface area (Å²) in [4.78, 5) is 33.9. The Morgan fingerprint density at radius 2 is 1.35 bits per heavy atom. The summed E-state index contributed by atoms with van der Waals surface area (Å²) in [6.07, 6.45) is 3.52. The van der Waals surface area contributed by atoms with Crippen LogP contribution in [0.3, 0.4) is 0 Å². The molecule has 0 bridgehead atoms. The van der Waals surface area contributed by atoms with Crippen LogP contribution in [0.5, 0.6) is 0 Å². The summed E-state index contributed by atoms with van der Waals surface area (Å²) >= 11 is 0. The summed E-state index contributed by atoms with van der Waals surface area (Å²) < 4.78 is 0. The van der Waals surface area contributed by atoms with Gasteiger partial charge in [-0.1, -0.05) is 48.5 Å². The summed E-state index contributed by atoms with van der Waals surface area (Å²) in [5.74, 6) is -1.04. The number of hydrogen-bond donors (Lipinski definition) is 1. The monoisotopic (exact) mass is 465 g/mol. The molecule has 0 fully saturated rings. The Bertz CT molecular complexity index is 1450. The van der Waals surface area contributed by atoms with Crippen LogP contribution in [-0.4, -0.2) is 21.5 Å². The second-order valence-electron chi connectivity index (χ2n) is 7.53. The van der Waals surface area contributed by atoms with Crippen LogP contribution < -0.4 is 5.32 Å². The number of anilines is 2. The van der Waals surface area contributed by atoms with Crippen molar-refractivity contribution in [3.05, 3.63) is 121 Å². The second kappa shape index (κ2) is 10.1. The van der Waals surface area contributed by atoms with Crippen LogP contribution >= 0.6 is 12.4 Å². The maximum absolute atomic E-state index is 12.6. The largest absolute Gasteiger partial charge is 0.355 e. The third-order valence-corrected chi connectivity index (χ3v) is 5.37. The number of hydrogen-bond acceptors (Lipinski definition) is 5. The predicted molar refractivity (Wildman–Crippen MR) is 137 cm³/mol. The molecule has 3 aromatic carbocycles. The van der Waals surface area contributed by atoms with E-state index in [1.54, 1.807) is 60.9 Å². The molecular weight excluding hydrogens is 446 g/mol. The highest BCUT2D eigenvalue weighted by molar-refractivity contribution is 6.49. The van der Waals surface area contributed by atoms with Crippen molar-refractivity contribution in [2.24, 2.45) is 0 Å². The maximum Gasteiger partial charge on any atom is 0.233 e. The Kier molecular flexibility index (Phi) is 6.76. The number of aromatic nitrogens is 2. The van der Waals surface area contributed by atoms with Crippen molar-refractivity contribution in [3.8, 4) is 11.3 Å². The lowest BCUT2D eigenvalue weighted by atomic mass is 10.0. The Balaban J connectivity index is 0.00000274. The molecular formula is C28H20ClN3O2. The molecule has 0 aliphatic carbocycles. The third-order valence-electron chi connectivity index (χ3n) is 5.37. The van der Waals surface area contributed by atoms with E-state index < -0.39 is 11.6 Å². The van der Waals surface area contributed by atoms with E-state index >= 15 is 0 Å². The lowest BCUT2D eigenvalue weighted by Gasteiger charge is -2.11. The summed E-state index contributed by atoms with van der Waals surface area (Å²) in [6, 6.07) is 29.3. The zero-order valence-corrected chi connectivity index (χ0v) is 18.8. The molecule has 5 aromatic rings. The highest BCUT2D eigenvalue weighted by Crippen LogP contribution is 2.28. The molecule has 2 aromatic heterocycles. The molecule has 0 saturated carbocycles. The van der Waals surface area contributed by atoms with Crippen molar-refractivity contribution in [3.63, 3.8) is 0 Å². The Morgan fingerprint density at radius 3 is 2.06 bits per heavy atom. The molecule has 2 heterocycles. The molecule has 0 atom stereocenters. The average molecular weight is 466 g/mol. The normalized spacial score (nSPS) is 10.4. The van der Waals surface area contributed by atoms with E-state index in [9.17, 15) is 9.59 Å². The number of fused-ring (bicyclic) bond motifs is 1. The van der Waals surface area contributed by atoms with Gasteiger partial charge in [-0.2, -0.15) is 0 Å². The maximum atomic E-state index is 12.6. The van der Waals surface area contributed by atoms with Gasteiger partial charge in [0.05, 0.1) is 11.2 Å². The minimum absolute atomic E-state index is 0. The number of nitrogens with zero attached hydrogens (tertiary/aromatic N) is 2. The summed E-state index contributed by atoms with van der Waals surface area (Å²) in [6.45, 7) is 0. The van der Waals surface area contributed by atoms with E-state index in [0.717, 1.165) is 33.5 Å². The number of carbonyl (C=O) groups is 2. The molecule has 0 unspecified atom stereocenters. The number of rotatable bonds is 6. The van der Waals surface area contributed by atoms with Crippen molar-refractivity contribution in [2.45, 2.75) is 0 Å². The lowest BCUT2D eigenvalue weighted by molar-refractivity contribution is 0.0817. The molecule has 6 heteroatoms. The molecule has 0 amide bonds. The Labute approximate surface area is 202 Å². The Hall–Kier alpha value is -4.35. The number of ketones is 2. The molecule has 0 aliphatic heterocycles. The summed E-state index contributed by atoms with van der Waals surface area (Å²) in [5, 5.41) is 4.35. The number of Topliss-reactive ketones (excluding diaryl/α,β-unsaturated/α-hetero) is 2. The molecule has 5 rings (SSSR count). The third kappa shape index (κ3) is 4.70. The number of carbonyl (C=O) groups excluding carboxylic acids is 2. The molecule has 34 heavy (non-hydrogen) atoms. The van der Waals surface area contributed by atoms with E-state index in [-0.39, 0.29) is 12.4 Å². The molecule has 0 saturated heterocycles. The van der Waals surface area contributed by atoms with Crippen LogP contribution in [0.15, 0.2) is 109 Å². The highest BCUT2D eigenvalue weighted by Gasteiger charge is 2.17. The Morgan fingerprint density at radius 1 is 0.647 bits per heavy atom. The van der Waals surface area contributed by atoms with Gasteiger partial charge in [-0.15, -0.1) is 12.4 Å². The SMILES string of the molecule is Cl.O=C(C(=O)c1ccc(Nc2ccnc3cc(-c4ccccn4)ccc23)cc1)c1ccccc1. The molecule has 1 N–H and O–H groups in total. The predicted octanol–water partition coefficient (Wildman–Crippen LogP) is 6.53. The van der Waals surface area contributed by atoms with Gasteiger partial charge in [-0.25, -0.2) is 0 Å². The fourth-order valence-electron chi connectivity index (χ4n) is 3.66. The number of halogens is 1. The topological polar surface area (TPSA) is 72.0 Å². The van der Waals surface area contributed by atoms with Crippen molar-refractivity contribution >= 4 is 46.3 Å². The first-order valence-corrected chi connectivity index (χ1v) is 10.5. The molecule has 166 valence electrons. The van der Waals surface area contributed by atoms with Crippen molar-refractivity contribution in [1.82, 2.24) is 9.97 Å². The van der Waals surface area contributed by atoms with Gasteiger partial charge in [0.1, 0.15) is 0 Å². The fourth-order valence-corrected chi connectivity index (χ4v) is 3.66. The first-order chi connectivity index (χ1) is 16.2. The first kappa shape index (κ1) is 22.8. The molecule has 0 spiro atoms. The van der Waals surface area contributed by atoms with Crippen molar-refractivity contribution in [2.75, 3.05) is 5.32 Å². The standard InChI is InChI=1S/C28H19N3O2.ClH/c32-27(19-6-2-1-3-7-19)28(33)20-9-12-22(13-10-20)31-25-15-17-30-26-18-21(11-14-23(25)26)24-8-4-5-16-29-24;/h1-18H,(H,30,31);1H. The van der Waals surface area contributed by atoms with Crippen LogP contribution in [-0.2, 0) is 0 Å². The van der Waals surface area contributed by atoms with Gasteiger partial charge in [0.15, 0.2) is 0 Å². The van der Waals surface area contributed by atoms with Crippen LogP contribution in [0, 0.1) is 0 Å². The lowest BCUT2D eigenvalue weighted by Crippen LogP contribution is -2.14. The highest BCUT2D eigenvalue weighted by atomic mass is 35.5. The van der Waals surface area contributed by atoms with Crippen molar-refractivity contribution < 1.29 is 9.59 Å².